The van der Waals surface area contributed by atoms with Crippen LogP contribution in [0.25, 0.3) is 0 Å². The molecule has 18 heavy (non-hydrogen) atoms. The fourth-order valence-corrected chi connectivity index (χ4v) is 3.32. The molecule has 1 aromatic rings. The largest absolute Gasteiger partial charge is 0.326 e. The Kier molecular flexibility index (Phi) is 5.61. The van der Waals surface area contributed by atoms with Crippen molar-refractivity contribution in [2.24, 2.45) is 11.7 Å². The molecule has 1 aromatic carbocycles. The maximum atomic E-state index is 12.0. The van der Waals surface area contributed by atoms with Crippen LogP contribution in [0.2, 0.25) is 5.02 Å². The number of hydrogen-bond acceptors (Lipinski definition) is 3. The topological polar surface area (TPSA) is 72.2 Å². The summed E-state index contributed by atoms with van der Waals surface area (Å²) >= 11 is 9.14. The molecular weight excluding hydrogens is 340 g/mol. The molecule has 1 atom stereocenters. The van der Waals surface area contributed by atoms with E-state index in [1.165, 1.54) is 6.07 Å². The lowest BCUT2D eigenvalue weighted by Crippen LogP contribution is -2.40. The lowest BCUT2D eigenvalue weighted by Gasteiger charge is -2.16. The van der Waals surface area contributed by atoms with Crippen LogP contribution in [0.15, 0.2) is 27.6 Å². The smallest absolute Gasteiger partial charge is 0.242 e. The van der Waals surface area contributed by atoms with E-state index < -0.39 is 10.0 Å². The van der Waals surface area contributed by atoms with Crippen molar-refractivity contribution in [1.82, 2.24) is 4.72 Å². The number of halogens is 2. The molecule has 0 heterocycles. The molecule has 0 aliphatic rings. The van der Waals surface area contributed by atoms with Gasteiger partial charge in [0.05, 0.1) is 5.02 Å². The van der Waals surface area contributed by atoms with Crippen molar-refractivity contribution < 1.29 is 8.42 Å². The van der Waals surface area contributed by atoms with Crippen LogP contribution in [0.4, 0.5) is 0 Å². The normalized spacial score (nSPS) is 13.9. The Morgan fingerprint density at radius 1 is 1.44 bits per heavy atom. The zero-order valence-corrected chi connectivity index (χ0v) is 13.3. The Bertz CT molecular complexity index is 520. The van der Waals surface area contributed by atoms with Crippen LogP contribution in [-0.4, -0.2) is 21.0 Å². The van der Waals surface area contributed by atoms with Crippen molar-refractivity contribution in [1.29, 1.82) is 0 Å². The molecule has 0 aliphatic heterocycles. The number of nitrogens with two attached hydrogens (primary N) is 1. The van der Waals surface area contributed by atoms with Crippen molar-refractivity contribution in [3.05, 3.63) is 27.7 Å². The lowest BCUT2D eigenvalue weighted by molar-refractivity contribution is 0.481. The van der Waals surface area contributed by atoms with Gasteiger partial charge in [-0.25, -0.2) is 13.1 Å². The molecule has 0 aromatic heterocycles. The minimum absolute atomic E-state index is 0.0586. The summed E-state index contributed by atoms with van der Waals surface area (Å²) in [5.41, 5.74) is 5.80. The first kappa shape index (κ1) is 15.9. The summed E-state index contributed by atoms with van der Waals surface area (Å²) in [7, 11) is -3.62. The molecular formula is C11H16BrClN2O2S. The van der Waals surface area contributed by atoms with Crippen LogP contribution < -0.4 is 10.5 Å². The summed E-state index contributed by atoms with van der Waals surface area (Å²) < 4.78 is 27.2. The highest BCUT2D eigenvalue weighted by Gasteiger charge is 2.19. The second-order valence-electron chi connectivity index (χ2n) is 4.33. The molecule has 1 rings (SSSR count). The number of nitrogens with one attached hydrogen (secondary N) is 1. The highest BCUT2D eigenvalue weighted by molar-refractivity contribution is 9.10. The van der Waals surface area contributed by atoms with E-state index in [0.29, 0.717) is 0 Å². The van der Waals surface area contributed by atoms with E-state index in [-0.39, 0.29) is 28.4 Å². The summed E-state index contributed by atoms with van der Waals surface area (Å²) in [6.07, 6.45) is 0. The number of rotatable bonds is 5. The molecule has 4 nitrogen and oxygen atoms in total. The van der Waals surface area contributed by atoms with Gasteiger partial charge in [-0.05, 0) is 24.1 Å². The molecule has 3 N–H and O–H groups in total. The van der Waals surface area contributed by atoms with Gasteiger partial charge in [-0.15, -0.1) is 0 Å². The minimum Gasteiger partial charge on any atom is -0.326 e. The standard InChI is InChI=1S/C11H16BrClN2O2S/c1-7(2)10(14)6-15-18(16,17)11-4-3-8(12)5-9(11)13/h3-5,7,10,15H,6,14H2,1-2H3. The fraction of sp³-hybridized carbons (Fsp3) is 0.455. The summed E-state index contributed by atoms with van der Waals surface area (Å²) in [6.45, 7) is 4.06. The summed E-state index contributed by atoms with van der Waals surface area (Å²) in [4.78, 5) is 0.0586. The van der Waals surface area contributed by atoms with Crippen LogP contribution in [0.3, 0.4) is 0 Å². The van der Waals surface area contributed by atoms with Crippen molar-refractivity contribution >= 4 is 37.6 Å². The highest BCUT2D eigenvalue weighted by atomic mass is 79.9. The van der Waals surface area contributed by atoms with Gasteiger partial charge in [-0.2, -0.15) is 0 Å². The molecule has 7 heteroatoms. The summed E-state index contributed by atoms with van der Waals surface area (Å²) in [6, 6.07) is 4.39. The number of hydrogen-bond donors (Lipinski definition) is 2. The third kappa shape index (κ3) is 4.20. The van der Waals surface area contributed by atoms with Gasteiger partial charge in [-0.3, -0.25) is 0 Å². The molecule has 0 saturated carbocycles. The quantitative estimate of drug-likeness (QED) is 0.851. The zero-order valence-electron chi connectivity index (χ0n) is 10.2. The van der Waals surface area contributed by atoms with Crippen molar-refractivity contribution in [2.45, 2.75) is 24.8 Å². The average molecular weight is 356 g/mol. The lowest BCUT2D eigenvalue weighted by atomic mass is 10.1. The molecule has 1 unspecified atom stereocenters. The first-order chi connectivity index (χ1) is 8.24. The first-order valence-electron chi connectivity index (χ1n) is 5.44. The van der Waals surface area contributed by atoms with Gasteiger partial charge >= 0.3 is 0 Å². The van der Waals surface area contributed by atoms with Gasteiger partial charge in [0.1, 0.15) is 4.90 Å². The predicted molar refractivity (Wildman–Crippen MR) is 77.2 cm³/mol. The van der Waals surface area contributed by atoms with Crippen molar-refractivity contribution in [3.63, 3.8) is 0 Å². The van der Waals surface area contributed by atoms with Gasteiger partial charge < -0.3 is 5.73 Å². The summed E-state index contributed by atoms with van der Waals surface area (Å²) in [5, 5.41) is 0.176. The van der Waals surface area contributed by atoms with Crippen LogP contribution in [-0.2, 0) is 10.0 Å². The molecule has 0 spiro atoms. The number of sulfonamides is 1. The van der Waals surface area contributed by atoms with E-state index in [1.807, 2.05) is 13.8 Å². The zero-order chi connectivity index (χ0) is 13.9. The SMILES string of the molecule is CC(C)C(N)CNS(=O)(=O)c1ccc(Br)cc1Cl. The predicted octanol–water partition coefficient (Wildman–Crippen LogP) is 2.36. The maximum absolute atomic E-state index is 12.0. The second kappa shape index (κ2) is 6.34. The molecule has 0 aliphatic carbocycles. The third-order valence-electron chi connectivity index (χ3n) is 2.55. The fourth-order valence-electron chi connectivity index (χ4n) is 1.21. The summed E-state index contributed by atoms with van der Waals surface area (Å²) in [5.74, 6) is 0.202. The Balaban J connectivity index is 2.87. The highest BCUT2D eigenvalue weighted by Crippen LogP contribution is 2.24. The van der Waals surface area contributed by atoms with Gasteiger partial charge in [0, 0.05) is 17.1 Å². The molecule has 0 radical (unpaired) electrons. The average Bonchev–Trinajstić information content (AvgIpc) is 2.25. The second-order valence-corrected chi connectivity index (χ2v) is 7.39. The van der Waals surface area contributed by atoms with E-state index >= 15 is 0 Å². The minimum atomic E-state index is -3.62. The Morgan fingerprint density at radius 3 is 2.56 bits per heavy atom. The van der Waals surface area contributed by atoms with Gasteiger partial charge in [-0.1, -0.05) is 41.4 Å². The first-order valence-corrected chi connectivity index (χ1v) is 8.09. The van der Waals surface area contributed by atoms with Crippen LogP contribution in [0, 0.1) is 5.92 Å². The van der Waals surface area contributed by atoms with Crippen molar-refractivity contribution in [3.8, 4) is 0 Å². The van der Waals surface area contributed by atoms with E-state index in [4.69, 9.17) is 17.3 Å². The van der Waals surface area contributed by atoms with E-state index in [9.17, 15) is 8.42 Å². The van der Waals surface area contributed by atoms with Crippen molar-refractivity contribution in [2.75, 3.05) is 6.54 Å². The van der Waals surface area contributed by atoms with E-state index in [1.54, 1.807) is 12.1 Å². The Morgan fingerprint density at radius 2 is 2.06 bits per heavy atom. The third-order valence-corrected chi connectivity index (χ3v) is 4.95. The van der Waals surface area contributed by atoms with Crippen LogP contribution in [0.1, 0.15) is 13.8 Å². The van der Waals surface area contributed by atoms with Gasteiger partial charge in [0.15, 0.2) is 0 Å². The van der Waals surface area contributed by atoms with Crippen LogP contribution >= 0.6 is 27.5 Å². The van der Waals surface area contributed by atoms with Gasteiger partial charge in [0.25, 0.3) is 0 Å². The molecule has 102 valence electrons. The molecule has 0 bridgehead atoms. The number of benzene rings is 1. The monoisotopic (exact) mass is 354 g/mol. The molecule has 0 amide bonds. The van der Waals surface area contributed by atoms with Gasteiger partial charge in [0.2, 0.25) is 10.0 Å². The Labute approximate surface area is 121 Å². The molecule has 0 saturated heterocycles. The van der Waals surface area contributed by atoms with Crippen LogP contribution in [0.5, 0.6) is 0 Å². The molecule has 0 fully saturated rings. The van der Waals surface area contributed by atoms with E-state index in [2.05, 4.69) is 20.7 Å². The maximum Gasteiger partial charge on any atom is 0.242 e. The van der Waals surface area contributed by atoms with E-state index in [0.717, 1.165) is 4.47 Å². The Hall–Kier alpha value is -0.140.